The lowest BCUT2D eigenvalue weighted by Crippen LogP contribution is -2.41. The van der Waals surface area contributed by atoms with Gasteiger partial charge in [-0.1, -0.05) is 31.0 Å². The third kappa shape index (κ3) is 4.05. The van der Waals surface area contributed by atoms with Crippen LogP contribution in [0.15, 0.2) is 24.3 Å². The predicted octanol–water partition coefficient (Wildman–Crippen LogP) is 2.66. The zero-order chi connectivity index (χ0) is 16.4. The Hall–Kier alpha value is -1.56. The van der Waals surface area contributed by atoms with Gasteiger partial charge in [0.25, 0.3) is 0 Å². The summed E-state index contributed by atoms with van der Waals surface area (Å²) in [6.45, 7) is 0.400. The van der Waals surface area contributed by atoms with Gasteiger partial charge in [-0.25, -0.2) is 8.42 Å². The zero-order valence-corrected chi connectivity index (χ0v) is 14.0. The third-order valence-corrected chi connectivity index (χ3v) is 6.55. The first-order valence-corrected chi connectivity index (χ1v) is 9.87. The van der Waals surface area contributed by atoms with E-state index in [1.165, 1.54) is 4.31 Å². The van der Waals surface area contributed by atoms with Gasteiger partial charge in [-0.05, 0) is 42.7 Å². The number of aliphatic carboxylic acids is 1. The van der Waals surface area contributed by atoms with Gasteiger partial charge in [0, 0.05) is 13.0 Å². The van der Waals surface area contributed by atoms with Crippen molar-refractivity contribution in [2.75, 3.05) is 16.6 Å². The summed E-state index contributed by atoms with van der Waals surface area (Å²) in [5.74, 6) is 0.00815. The number of nitrogens with zero attached hydrogens (tertiary/aromatic N) is 1. The Bertz CT molecular complexity index is 682. The van der Waals surface area contributed by atoms with Crippen LogP contribution in [0.25, 0.3) is 0 Å². The van der Waals surface area contributed by atoms with Crippen molar-refractivity contribution in [1.29, 1.82) is 0 Å². The smallest absolute Gasteiger partial charge is 0.303 e. The largest absolute Gasteiger partial charge is 0.481 e. The molecule has 0 amide bonds. The molecule has 5 nitrogen and oxygen atoms in total. The zero-order valence-electron chi connectivity index (χ0n) is 13.1. The van der Waals surface area contributed by atoms with E-state index in [9.17, 15) is 13.2 Å². The molecule has 1 aromatic carbocycles. The molecule has 0 bridgehead atoms. The van der Waals surface area contributed by atoms with E-state index in [0.717, 1.165) is 36.9 Å². The highest BCUT2D eigenvalue weighted by Crippen LogP contribution is 2.36. The molecule has 1 N–H and O–H groups in total. The van der Waals surface area contributed by atoms with Crippen molar-refractivity contribution in [1.82, 2.24) is 0 Å². The minimum atomic E-state index is -3.34. The van der Waals surface area contributed by atoms with E-state index >= 15 is 0 Å². The van der Waals surface area contributed by atoms with Gasteiger partial charge in [-0.3, -0.25) is 9.10 Å². The quantitative estimate of drug-likeness (QED) is 0.830. The highest BCUT2D eigenvalue weighted by Gasteiger charge is 2.33. The Morgan fingerprint density at radius 3 is 2.61 bits per heavy atom. The minimum absolute atomic E-state index is 0.0664. The molecule has 0 spiro atoms. The summed E-state index contributed by atoms with van der Waals surface area (Å²) >= 11 is 0. The van der Waals surface area contributed by atoms with Gasteiger partial charge >= 0.3 is 5.97 Å². The van der Waals surface area contributed by atoms with Crippen LogP contribution in [-0.2, 0) is 21.2 Å². The normalized spacial score (nSPS) is 21.0. The second kappa shape index (κ2) is 6.51. The summed E-state index contributed by atoms with van der Waals surface area (Å²) in [6.07, 6.45) is 4.38. The Morgan fingerprint density at radius 2 is 1.91 bits per heavy atom. The molecule has 1 unspecified atom stereocenters. The molecule has 6 heteroatoms. The fourth-order valence-electron chi connectivity index (χ4n) is 3.25. The second-order valence-corrected chi connectivity index (χ2v) is 8.72. The van der Waals surface area contributed by atoms with Crippen LogP contribution in [0.2, 0.25) is 0 Å². The van der Waals surface area contributed by atoms with Crippen LogP contribution in [0.1, 0.15) is 37.7 Å². The van der Waals surface area contributed by atoms with E-state index in [0.29, 0.717) is 18.9 Å². The van der Waals surface area contributed by atoms with E-state index in [-0.39, 0.29) is 18.1 Å². The molecule has 126 valence electrons. The number of rotatable bonds is 7. The summed E-state index contributed by atoms with van der Waals surface area (Å²) in [6, 6.07) is 7.58. The summed E-state index contributed by atoms with van der Waals surface area (Å²) in [5, 5.41) is 8.89. The Balaban J connectivity index is 1.79. The lowest BCUT2D eigenvalue weighted by Gasteiger charge is -2.35. The van der Waals surface area contributed by atoms with Gasteiger partial charge < -0.3 is 5.11 Å². The molecule has 1 heterocycles. The van der Waals surface area contributed by atoms with Gasteiger partial charge in [0.15, 0.2) is 0 Å². The molecule has 3 rings (SSSR count). The predicted molar refractivity (Wildman–Crippen MR) is 89.0 cm³/mol. The summed E-state index contributed by atoms with van der Waals surface area (Å²) in [4.78, 5) is 10.8. The van der Waals surface area contributed by atoms with Crippen LogP contribution in [0.4, 0.5) is 5.69 Å². The molecule has 0 aromatic heterocycles. The first kappa shape index (κ1) is 16.3. The van der Waals surface area contributed by atoms with Gasteiger partial charge in [0.05, 0.1) is 11.4 Å². The fourth-order valence-corrected chi connectivity index (χ4v) is 5.02. The number of carboxylic acids is 1. The van der Waals surface area contributed by atoms with Crippen LogP contribution in [0.5, 0.6) is 0 Å². The topological polar surface area (TPSA) is 74.7 Å². The number of anilines is 1. The van der Waals surface area contributed by atoms with Gasteiger partial charge in [-0.15, -0.1) is 0 Å². The number of fused-ring (bicyclic) bond motifs is 1. The Labute approximate surface area is 137 Å². The number of carbonyl (C=O) groups is 1. The summed E-state index contributed by atoms with van der Waals surface area (Å²) < 4.78 is 27.1. The summed E-state index contributed by atoms with van der Waals surface area (Å²) in [7, 11) is -3.34. The van der Waals surface area contributed by atoms with E-state index in [2.05, 4.69) is 0 Å². The van der Waals surface area contributed by atoms with Crippen molar-refractivity contribution in [3.05, 3.63) is 29.8 Å². The van der Waals surface area contributed by atoms with Crippen LogP contribution in [0.3, 0.4) is 0 Å². The van der Waals surface area contributed by atoms with Crippen LogP contribution in [0, 0.1) is 11.8 Å². The van der Waals surface area contributed by atoms with Crippen molar-refractivity contribution < 1.29 is 18.3 Å². The second-order valence-electron chi connectivity index (χ2n) is 6.71. The molecule has 0 radical (unpaired) electrons. The van der Waals surface area contributed by atoms with E-state index in [4.69, 9.17) is 5.11 Å². The lowest BCUT2D eigenvalue weighted by molar-refractivity contribution is -0.137. The van der Waals surface area contributed by atoms with Crippen molar-refractivity contribution >= 4 is 21.7 Å². The number of carboxylic acid groups (broad SMARTS) is 1. The van der Waals surface area contributed by atoms with Gasteiger partial charge in [0.2, 0.25) is 10.0 Å². The van der Waals surface area contributed by atoms with Crippen molar-refractivity contribution in [2.24, 2.45) is 11.8 Å². The molecule has 1 aliphatic heterocycles. The van der Waals surface area contributed by atoms with Crippen molar-refractivity contribution in [3.8, 4) is 0 Å². The molecule has 0 saturated heterocycles. The van der Waals surface area contributed by atoms with Crippen LogP contribution < -0.4 is 4.31 Å². The van der Waals surface area contributed by atoms with Crippen LogP contribution >= 0.6 is 0 Å². The first-order valence-electron chi connectivity index (χ1n) is 8.26. The van der Waals surface area contributed by atoms with Crippen molar-refractivity contribution in [3.63, 3.8) is 0 Å². The number of hydrogen-bond donors (Lipinski definition) is 1. The fraction of sp³-hybridized carbons (Fsp3) is 0.588. The molecular weight excluding hydrogens is 314 g/mol. The highest BCUT2D eigenvalue weighted by atomic mass is 32.2. The maximum Gasteiger partial charge on any atom is 0.303 e. The molecule has 1 fully saturated rings. The standard InChI is InChI=1S/C17H23NO4S/c19-17(20)8-7-14-11-15-3-1-2-4-16(15)18(12-14)23(21,22)10-9-13-5-6-13/h1-4,13-14H,5-12H2,(H,19,20). The minimum Gasteiger partial charge on any atom is -0.481 e. The molecule has 1 atom stereocenters. The number of hydrogen-bond acceptors (Lipinski definition) is 3. The maximum atomic E-state index is 12.8. The van der Waals surface area contributed by atoms with E-state index in [1.54, 1.807) is 0 Å². The van der Waals surface area contributed by atoms with Crippen molar-refractivity contribution in [2.45, 2.75) is 38.5 Å². The molecule has 1 aliphatic carbocycles. The van der Waals surface area contributed by atoms with Crippen LogP contribution in [-0.4, -0.2) is 31.8 Å². The molecule has 23 heavy (non-hydrogen) atoms. The van der Waals surface area contributed by atoms with E-state index < -0.39 is 16.0 Å². The molecule has 2 aliphatic rings. The Kier molecular flexibility index (Phi) is 4.62. The number of sulfonamides is 1. The van der Waals surface area contributed by atoms with Gasteiger partial charge in [0.1, 0.15) is 0 Å². The molecule has 1 aromatic rings. The monoisotopic (exact) mass is 337 g/mol. The number of benzene rings is 1. The number of para-hydroxylation sites is 1. The Morgan fingerprint density at radius 1 is 1.17 bits per heavy atom. The SMILES string of the molecule is O=C(O)CCC1Cc2ccccc2N(S(=O)(=O)CCC2CC2)C1. The first-order chi connectivity index (χ1) is 11.0. The molecule has 1 saturated carbocycles. The van der Waals surface area contributed by atoms with Gasteiger partial charge in [-0.2, -0.15) is 0 Å². The maximum absolute atomic E-state index is 12.8. The lowest BCUT2D eigenvalue weighted by atomic mass is 9.90. The average Bonchev–Trinajstić information content (AvgIpc) is 3.34. The summed E-state index contributed by atoms with van der Waals surface area (Å²) in [5.41, 5.74) is 1.78. The highest BCUT2D eigenvalue weighted by molar-refractivity contribution is 7.92. The third-order valence-electron chi connectivity index (χ3n) is 4.78. The average molecular weight is 337 g/mol. The molecular formula is C17H23NO4S. The van der Waals surface area contributed by atoms with E-state index in [1.807, 2.05) is 24.3 Å².